The van der Waals surface area contributed by atoms with Crippen LogP contribution in [0.4, 0.5) is 21.3 Å². The number of fused-ring (bicyclic) bond motifs is 2. The van der Waals surface area contributed by atoms with Crippen molar-refractivity contribution in [3.05, 3.63) is 80.9 Å². The highest BCUT2D eigenvalue weighted by atomic mass is 32.1. The molecule has 2 aromatic heterocycles. The second-order valence-electron chi connectivity index (χ2n) is 15.0. The Morgan fingerprint density at radius 1 is 0.943 bits per heavy atom. The molecule has 0 radical (unpaired) electrons. The van der Waals surface area contributed by atoms with Crippen molar-refractivity contribution in [1.29, 1.82) is 0 Å². The Morgan fingerprint density at radius 2 is 1.70 bits per heavy atom. The summed E-state index contributed by atoms with van der Waals surface area (Å²) in [5, 5.41) is 14.3. The average molecular weight is 739 g/mol. The molecule has 13 heteroatoms. The van der Waals surface area contributed by atoms with Gasteiger partial charge in [-0.1, -0.05) is 38.5 Å². The van der Waals surface area contributed by atoms with Crippen LogP contribution in [0.1, 0.15) is 90.1 Å². The van der Waals surface area contributed by atoms with Gasteiger partial charge in [-0.05, 0) is 93.3 Å². The molecular weight excluding hydrogens is 693 g/mol. The maximum atomic E-state index is 13.5. The predicted octanol–water partition coefficient (Wildman–Crippen LogP) is 7.16. The van der Waals surface area contributed by atoms with E-state index in [2.05, 4.69) is 36.7 Å². The molecule has 1 fully saturated rings. The molecule has 4 aromatic rings. The highest BCUT2D eigenvalue weighted by molar-refractivity contribution is 7.17. The fraction of sp³-hybridized carbons (Fsp3) is 0.425. The number of anilines is 3. The van der Waals surface area contributed by atoms with Crippen LogP contribution in [0.15, 0.2) is 42.5 Å². The number of amides is 4. The maximum Gasteiger partial charge on any atom is 0.341 e. The molecule has 3 heterocycles. The summed E-state index contributed by atoms with van der Waals surface area (Å²) in [6, 6.07) is 13.2. The van der Waals surface area contributed by atoms with E-state index in [1.165, 1.54) is 11.3 Å². The lowest BCUT2D eigenvalue weighted by atomic mass is 9.92. The van der Waals surface area contributed by atoms with Gasteiger partial charge in [-0.2, -0.15) is 5.10 Å². The topological polar surface area (TPSA) is 144 Å². The quantitative estimate of drug-likeness (QED) is 0.147. The minimum Gasteiger partial charge on any atom is -0.483 e. The number of hydrogen-bond donors (Lipinski definition) is 3. The first-order valence-electron chi connectivity index (χ1n) is 18.3. The number of urea groups is 1. The predicted molar refractivity (Wildman–Crippen MR) is 204 cm³/mol. The number of carbonyl (C=O) groups is 4. The number of thiophene rings is 1. The van der Waals surface area contributed by atoms with E-state index >= 15 is 0 Å². The molecule has 1 saturated carbocycles. The zero-order chi connectivity index (χ0) is 37.4. The molecule has 3 aliphatic rings. The second-order valence-corrected chi connectivity index (χ2v) is 16.1. The van der Waals surface area contributed by atoms with E-state index in [1.807, 2.05) is 49.4 Å². The van der Waals surface area contributed by atoms with Crippen molar-refractivity contribution in [3.63, 3.8) is 0 Å². The van der Waals surface area contributed by atoms with E-state index in [4.69, 9.17) is 14.6 Å². The SMILES string of the molecule is CCOC(=O)c1c(NC(=O)C2CC2)sc2c1CCN(C(=O)COc1ccc(NC(=O)Nc3cc(C(C)(C)C)nn3-c3ccc(C)cc3)c3c1CCC3)C2. The number of ether oxygens (including phenoxy) is 2. The summed E-state index contributed by atoms with van der Waals surface area (Å²) in [5.74, 6) is 0.489. The van der Waals surface area contributed by atoms with Gasteiger partial charge in [0, 0.05) is 34.5 Å². The van der Waals surface area contributed by atoms with E-state index in [-0.39, 0.29) is 42.4 Å². The van der Waals surface area contributed by atoms with Crippen molar-refractivity contribution in [1.82, 2.24) is 14.7 Å². The minimum absolute atomic E-state index is 0.00944. The normalized spacial score (nSPS) is 15.0. The van der Waals surface area contributed by atoms with E-state index < -0.39 is 5.97 Å². The Labute approximate surface area is 313 Å². The van der Waals surface area contributed by atoms with Crippen LogP contribution in [0, 0.1) is 12.8 Å². The van der Waals surface area contributed by atoms with Crippen molar-refractivity contribution >= 4 is 51.7 Å². The van der Waals surface area contributed by atoms with Crippen LogP contribution in [0.2, 0.25) is 0 Å². The third kappa shape index (κ3) is 7.80. The number of aryl methyl sites for hydroxylation is 1. The fourth-order valence-corrected chi connectivity index (χ4v) is 8.08. The largest absolute Gasteiger partial charge is 0.483 e. The number of nitrogens with zero attached hydrogens (tertiary/aromatic N) is 3. The molecule has 12 nitrogen and oxygen atoms in total. The highest BCUT2D eigenvalue weighted by Gasteiger charge is 2.35. The minimum atomic E-state index is -0.452. The zero-order valence-electron chi connectivity index (χ0n) is 30.9. The summed E-state index contributed by atoms with van der Waals surface area (Å²) < 4.78 is 13.2. The van der Waals surface area contributed by atoms with Crippen molar-refractivity contribution < 1.29 is 28.7 Å². The molecular formula is C40H46N6O6S. The van der Waals surface area contributed by atoms with Gasteiger partial charge in [-0.3, -0.25) is 14.9 Å². The Bertz CT molecular complexity index is 2070. The molecule has 4 amide bonds. The number of esters is 1. The highest BCUT2D eigenvalue weighted by Crippen LogP contribution is 2.40. The Morgan fingerprint density at radius 3 is 2.42 bits per heavy atom. The first-order chi connectivity index (χ1) is 25.4. The van der Waals surface area contributed by atoms with Crippen LogP contribution < -0.4 is 20.7 Å². The van der Waals surface area contributed by atoms with Crippen molar-refractivity contribution in [2.45, 2.75) is 85.1 Å². The van der Waals surface area contributed by atoms with Gasteiger partial charge in [0.15, 0.2) is 6.61 Å². The van der Waals surface area contributed by atoms with Gasteiger partial charge in [0.05, 0.1) is 30.1 Å². The van der Waals surface area contributed by atoms with E-state index in [9.17, 15) is 19.2 Å². The average Bonchev–Trinajstić information content (AvgIpc) is 3.52. The Hall–Kier alpha value is -5.17. The Kier molecular flexibility index (Phi) is 10.0. The van der Waals surface area contributed by atoms with Crippen LogP contribution in [0.25, 0.3) is 5.69 Å². The van der Waals surface area contributed by atoms with E-state index in [1.54, 1.807) is 16.5 Å². The van der Waals surface area contributed by atoms with Gasteiger partial charge in [0.1, 0.15) is 16.6 Å². The Balaban J connectivity index is 1.01. The number of hydrogen-bond acceptors (Lipinski definition) is 8. The second kappa shape index (κ2) is 14.7. The van der Waals surface area contributed by atoms with Crippen molar-refractivity contribution in [3.8, 4) is 11.4 Å². The van der Waals surface area contributed by atoms with E-state index in [0.717, 1.165) is 70.6 Å². The lowest BCUT2D eigenvalue weighted by Gasteiger charge is -2.27. The van der Waals surface area contributed by atoms with Gasteiger partial charge in [-0.15, -0.1) is 11.3 Å². The fourth-order valence-electron chi connectivity index (χ4n) is 6.83. The van der Waals surface area contributed by atoms with Gasteiger partial charge < -0.3 is 25.0 Å². The standard InChI is InChI=1S/C40H46N6O6S/c1-6-51-38(49)35-28-18-19-45(21-31(28)53-37(35)43-36(48)24-12-13-24)34(47)22-52-30-17-16-29(26-8-7-9-27(26)30)41-39(50)42-33-20-32(40(3,4)5)44-46(33)25-14-10-23(2)11-15-25/h10-11,14-17,20,24H,6-9,12-13,18-19,21-22H2,1-5H3,(H,43,48)(H2,41,42,50). The molecule has 278 valence electrons. The molecule has 0 bridgehead atoms. The lowest BCUT2D eigenvalue weighted by molar-refractivity contribution is -0.134. The number of rotatable bonds is 10. The number of nitrogens with one attached hydrogen (secondary N) is 3. The lowest BCUT2D eigenvalue weighted by Crippen LogP contribution is -2.38. The van der Waals surface area contributed by atoms with Crippen LogP contribution in [-0.2, 0) is 45.5 Å². The third-order valence-corrected chi connectivity index (χ3v) is 11.0. The molecule has 1 aliphatic heterocycles. The van der Waals surface area contributed by atoms with Gasteiger partial charge in [0.2, 0.25) is 5.91 Å². The zero-order valence-corrected chi connectivity index (χ0v) is 31.7. The molecule has 3 N–H and O–H groups in total. The molecule has 0 atom stereocenters. The number of carbonyl (C=O) groups excluding carboxylic acids is 4. The maximum absolute atomic E-state index is 13.5. The first-order valence-corrected chi connectivity index (χ1v) is 19.1. The molecule has 53 heavy (non-hydrogen) atoms. The van der Waals surface area contributed by atoms with E-state index in [0.29, 0.717) is 47.3 Å². The number of aromatic nitrogens is 2. The summed E-state index contributed by atoms with van der Waals surface area (Å²) in [6.07, 6.45) is 4.65. The van der Waals surface area contributed by atoms with Gasteiger partial charge in [-0.25, -0.2) is 14.3 Å². The molecule has 0 spiro atoms. The van der Waals surface area contributed by atoms with Crippen LogP contribution in [0.3, 0.4) is 0 Å². The third-order valence-electron chi connectivity index (χ3n) is 9.91. The molecule has 0 unspecified atom stereocenters. The summed E-state index contributed by atoms with van der Waals surface area (Å²) >= 11 is 1.34. The van der Waals surface area contributed by atoms with Crippen LogP contribution in [0.5, 0.6) is 5.75 Å². The summed E-state index contributed by atoms with van der Waals surface area (Å²) in [5.41, 5.74) is 6.57. The van der Waals surface area contributed by atoms with Crippen LogP contribution in [-0.4, -0.2) is 58.3 Å². The van der Waals surface area contributed by atoms with Crippen molar-refractivity contribution in [2.75, 3.05) is 35.7 Å². The molecule has 2 aromatic carbocycles. The number of benzene rings is 2. The molecule has 0 saturated heterocycles. The summed E-state index contributed by atoms with van der Waals surface area (Å²) in [4.78, 5) is 55.0. The van der Waals surface area contributed by atoms with Gasteiger partial charge >= 0.3 is 12.0 Å². The van der Waals surface area contributed by atoms with Crippen LogP contribution >= 0.6 is 11.3 Å². The summed E-state index contributed by atoms with van der Waals surface area (Å²) in [7, 11) is 0. The first kappa shape index (κ1) is 36.2. The summed E-state index contributed by atoms with van der Waals surface area (Å²) in [6.45, 7) is 10.9. The monoisotopic (exact) mass is 738 g/mol. The smallest absolute Gasteiger partial charge is 0.341 e. The van der Waals surface area contributed by atoms with Gasteiger partial charge in [0.25, 0.3) is 5.91 Å². The van der Waals surface area contributed by atoms with Crippen molar-refractivity contribution in [2.24, 2.45) is 5.92 Å². The molecule has 7 rings (SSSR count). The molecule has 2 aliphatic carbocycles.